The van der Waals surface area contributed by atoms with E-state index in [9.17, 15) is 28.7 Å². The summed E-state index contributed by atoms with van der Waals surface area (Å²) in [7, 11) is 1.66. The van der Waals surface area contributed by atoms with Crippen LogP contribution in [0.5, 0.6) is 0 Å². The highest BCUT2D eigenvalue weighted by atomic mass is 127. The predicted molar refractivity (Wildman–Crippen MR) is 167 cm³/mol. The molecule has 3 heterocycles. The fourth-order valence-electron chi connectivity index (χ4n) is 5.43. The van der Waals surface area contributed by atoms with Gasteiger partial charge >= 0.3 is 5.97 Å². The molecule has 1 saturated heterocycles. The van der Waals surface area contributed by atoms with Crippen LogP contribution in [0.1, 0.15) is 61.7 Å². The van der Waals surface area contributed by atoms with E-state index in [0.717, 1.165) is 32.1 Å². The Morgan fingerprint density at radius 3 is 2.64 bits per heavy atom. The lowest BCUT2D eigenvalue weighted by atomic mass is 9.99. The lowest BCUT2D eigenvalue weighted by molar-refractivity contribution is -0.145. The standard InChI is InChI=1S/C30H36FIN4O5S/c1-19-9-7-5-3-4-6-8-10-25(37)36-17-20(15-24(36)26(38)34-30(19,32)29(40)41)16-35(2)28(39)27-33-23(18-42-27)21-11-13-22(31)14-12-21/h7,9,11-14,18-20,24H,3-6,8,10,15-17H2,1-2H3,(H,34,38)(H,40,41)/b9-7-/t19-,20-,24-,30+/m0/s1. The number of aromatic nitrogens is 1. The number of alkyl halides is 1. The number of thiazole rings is 1. The molecule has 4 rings (SSSR count). The molecule has 1 fully saturated rings. The summed E-state index contributed by atoms with van der Waals surface area (Å²) in [4.78, 5) is 59.9. The van der Waals surface area contributed by atoms with Crippen molar-refractivity contribution in [1.82, 2.24) is 20.1 Å². The Balaban J connectivity index is 1.49. The number of hydrogen-bond acceptors (Lipinski definition) is 6. The van der Waals surface area contributed by atoms with Crippen molar-refractivity contribution < 1.29 is 28.7 Å². The van der Waals surface area contributed by atoms with Crippen LogP contribution < -0.4 is 5.32 Å². The van der Waals surface area contributed by atoms with E-state index in [1.807, 2.05) is 12.2 Å². The summed E-state index contributed by atoms with van der Waals surface area (Å²) in [5.74, 6) is -3.09. The summed E-state index contributed by atoms with van der Waals surface area (Å²) in [6.07, 6.45) is 8.78. The van der Waals surface area contributed by atoms with Crippen molar-refractivity contribution in [3.8, 4) is 11.3 Å². The molecule has 9 nitrogen and oxygen atoms in total. The molecule has 42 heavy (non-hydrogen) atoms. The molecule has 2 aromatic rings. The fraction of sp³-hybridized carbons (Fsp3) is 0.500. The number of rotatable bonds is 5. The Kier molecular flexibility index (Phi) is 10.7. The van der Waals surface area contributed by atoms with Crippen LogP contribution in [0.2, 0.25) is 0 Å². The topological polar surface area (TPSA) is 120 Å². The van der Waals surface area contributed by atoms with Crippen molar-refractivity contribution in [3.05, 3.63) is 52.6 Å². The summed E-state index contributed by atoms with van der Waals surface area (Å²) in [5, 5.41) is 14.8. The van der Waals surface area contributed by atoms with E-state index in [-0.39, 0.29) is 28.6 Å². The van der Waals surface area contributed by atoms with Crippen molar-refractivity contribution in [2.24, 2.45) is 11.8 Å². The molecular weight excluding hydrogens is 674 g/mol. The minimum absolute atomic E-state index is 0.133. The van der Waals surface area contributed by atoms with E-state index >= 15 is 0 Å². The minimum Gasteiger partial charge on any atom is -0.479 e. The first kappa shape index (κ1) is 32.1. The normalized spacial score (nSPS) is 26.5. The number of carboxylic acid groups (broad SMARTS) is 1. The van der Waals surface area contributed by atoms with Crippen molar-refractivity contribution in [3.63, 3.8) is 0 Å². The number of benzene rings is 1. The summed E-state index contributed by atoms with van der Waals surface area (Å²) >= 11 is 2.98. The fourth-order valence-corrected chi connectivity index (χ4v) is 6.72. The number of fused-ring (bicyclic) bond motifs is 1. The molecule has 0 spiro atoms. The zero-order chi connectivity index (χ0) is 30.4. The number of allylic oxidation sites excluding steroid dienone is 1. The number of halogens is 2. The van der Waals surface area contributed by atoms with Gasteiger partial charge in [0.25, 0.3) is 5.91 Å². The summed E-state index contributed by atoms with van der Waals surface area (Å²) in [6, 6.07) is 5.07. The highest BCUT2D eigenvalue weighted by molar-refractivity contribution is 14.1. The van der Waals surface area contributed by atoms with E-state index in [2.05, 4.69) is 10.3 Å². The first-order valence-electron chi connectivity index (χ1n) is 14.2. The molecule has 226 valence electrons. The molecule has 0 saturated carbocycles. The predicted octanol–water partition coefficient (Wildman–Crippen LogP) is 5.12. The average molecular weight is 711 g/mol. The van der Waals surface area contributed by atoms with Crippen molar-refractivity contribution >= 4 is 57.6 Å². The largest absolute Gasteiger partial charge is 0.479 e. The maximum atomic E-state index is 13.6. The third-order valence-electron chi connectivity index (χ3n) is 7.90. The van der Waals surface area contributed by atoms with Crippen LogP contribution in [-0.2, 0) is 14.4 Å². The third-order valence-corrected chi connectivity index (χ3v) is 10.4. The summed E-state index contributed by atoms with van der Waals surface area (Å²) in [6.45, 7) is 2.35. The lowest BCUT2D eigenvalue weighted by Gasteiger charge is -2.32. The molecule has 0 unspecified atom stereocenters. The van der Waals surface area contributed by atoms with E-state index in [4.69, 9.17) is 0 Å². The van der Waals surface area contributed by atoms with Gasteiger partial charge in [0.1, 0.15) is 11.9 Å². The molecule has 12 heteroatoms. The number of nitrogens with one attached hydrogen (secondary N) is 1. The zero-order valence-corrected chi connectivity index (χ0v) is 26.7. The molecule has 2 N–H and O–H groups in total. The second-order valence-corrected chi connectivity index (χ2v) is 13.6. The first-order chi connectivity index (χ1) is 20.0. The van der Waals surface area contributed by atoms with E-state index in [0.29, 0.717) is 37.2 Å². The van der Waals surface area contributed by atoms with Crippen molar-refractivity contribution in [2.75, 3.05) is 20.1 Å². The average Bonchev–Trinajstić information content (AvgIpc) is 3.61. The van der Waals surface area contributed by atoms with E-state index in [1.165, 1.54) is 23.5 Å². The van der Waals surface area contributed by atoms with Gasteiger partial charge in [-0.25, -0.2) is 14.2 Å². The van der Waals surface area contributed by atoms with Gasteiger partial charge in [-0.15, -0.1) is 11.3 Å². The minimum atomic E-state index is -1.57. The van der Waals surface area contributed by atoms with Crippen molar-refractivity contribution in [1.29, 1.82) is 0 Å². The SMILES string of the molecule is C[C@H]1/C=C\CCCCCCC(=O)N2C[C@H](CN(C)C(=O)c3nc(-c4ccc(F)cc4)cs3)C[C@H]2C(=O)N[C@@]1(I)C(=O)O. The van der Waals surface area contributed by atoms with Crippen LogP contribution in [0.3, 0.4) is 0 Å². The Bertz CT molecular complexity index is 1340. The van der Waals surface area contributed by atoms with Gasteiger partial charge in [0, 0.05) is 43.4 Å². The second kappa shape index (κ2) is 14.1. The molecule has 1 aromatic heterocycles. The van der Waals surface area contributed by atoms with Gasteiger partial charge in [-0.3, -0.25) is 14.4 Å². The molecular formula is C30H36FIN4O5S. The Hall–Kier alpha value is -2.87. The quantitative estimate of drug-likeness (QED) is 0.193. The molecule has 0 aliphatic carbocycles. The highest BCUT2D eigenvalue weighted by Crippen LogP contribution is 2.32. The van der Waals surface area contributed by atoms with E-state index in [1.54, 1.807) is 63.9 Å². The van der Waals surface area contributed by atoms with Crippen molar-refractivity contribution in [2.45, 2.75) is 61.5 Å². The molecule has 1 aromatic carbocycles. The van der Waals surface area contributed by atoms with Gasteiger partial charge < -0.3 is 20.2 Å². The van der Waals surface area contributed by atoms with Crippen LogP contribution >= 0.6 is 33.9 Å². The number of aliphatic carboxylic acids is 1. The Morgan fingerprint density at radius 2 is 1.93 bits per heavy atom. The van der Waals surface area contributed by atoms with E-state index < -0.39 is 27.4 Å². The number of carbonyl (C=O) groups excluding carboxylic acids is 3. The second-order valence-electron chi connectivity index (χ2n) is 11.1. The van der Waals surface area contributed by atoms with Crippen LogP contribution in [0.15, 0.2) is 41.8 Å². The molecule has 2 aliphatic heterocycles. The third kappa shape index (κ3) is 7.55. The number of carboxylic acids is 1. The van der Waals surface area contributed by atoms with Gasteiger partial charge in [0.05, 0.1) is 5.69 Å². The van der Waals surface area contributed by atoms with Gasteiger partial charge in [0.2, 0.25) is 11.8 Å². The first-order valence-corrected chi connectivity index (χ1v) is 16.1. The van der Waals surface area contributed by atoms with Crippen LogP contribution in [-0.4, -0.2) is 73.3 Å². The maximum Gasteiger partial charge on any atom is 0.340 e. The Labute approximate surface area is 262 Å². The summed E-state index contributed by atoms with van der Waals surface area (Å²) < 4.78 is 11.7. The smallest absolute Gasteiger partial charge is 0.340 e. The Morgan fingerprint density at radius 1 is 1.21 bits per heavy atom. The number of nitrogens with zero attached hydrogens (tertiary/aromatic N) is 3. The van der Waals surface area contributed by atoms with Crippen LogP contribution in [0.4, 0.5) is 4.39 Å². The number of amides is 3. The molecule has 4 atom stereocenters. The molecule has 0 radical (unpaired) electrons. The molecule has 2 aliphatic rings. The van der Waals surface area contributed by atoms with Crippen LogP contribution in [0, 0.1) is 17.7 Å². The summed E-state index contributed by atoms with van der Waals surface area (Å²) in [5.41, 5.74) is 1.28. The monoisotopic (exact) mass is 710 g/mol. The lowest BCUT2D eigenvalue weighted by Crippen LogP contribution is -2.58. The highest BCUT2D eigenvalue weighted by Gasteiger charge is 2.46. The van der Waals surface area contributed by atoms with Gasteiger partial charge in [-0.05, 0) is 78.5 Å². The molecule has 0 bridgehead atoms. The number of hydrogen-bond donors (Lipinski definition) is 2. The van der Waals surface area contributed by atoms with Gasteiger partial charge in [0.15, 0.2) is 8.55 Å². The molecule has 3 amide bonds. The zero-order valence-electron chi connectivity index (χ0n) is 23.7. The maximum absolute atomic E-state index is 13.6. The van der Waals surface area contributed by atoms with Gasteiger partial charge in [-0.1, -0.05) is 31.9 Å². The van der Waals surface area contributed by atoms with Gasteiger partial charge in [-0.2, -0.15) is 0 Å². The van der Waals surface area contributed by atoms with Crippen LogP contribution in [0.25, 0.3) is 11.3 Å². The number of carbonyl (C=O) groups is 4.